The summed E-state index contributed by atoms with van der Waals surface area (Å²) in [5, 5.41) is 6.58. The third kappa shape index (κ3) is 2.79. The van der Waals surface area contributed by atoms with E-state index in [1.807, 2.05) is 0 Å². The van der Waals surface area contributed by atoms with Gasteiger partial charge in [0.1, 0.15) is 0 Å². The molecule has 0 saturated heterocycles. The zero-order chi connectivity index (χ0) is 13.5. The van der Waals surface area contributed by atoms with Gasteiger partial charge in [-0.25, -0.2) is 9.97 Å². The monoisotopic (exact) mass is 321 g/mol. The van der Waals surface area contributed by atoms with Gasteiger partial charge >= 0.3 is 6.18 Å². The maximum Gasteiger partial charge on any atom is 0.433 e. The molecule has 0 unspecified atom stereocenters. The number of thiophene rings is 1. The highest BCUT2D eigenvalue weighted by molar-refractivity contribution is 7.08. The molecule has 2 aromatic heterocycles. The molecule has 0 bridgehead atoms. The van der Waals surface area contributed by atoms with Crippen molar-refractivity contribution in [1.29, 1.82) is 0 Å². The van der Waals surface area contributed by atoms with Gasteiger partial charge in [-0.2, -0.15) is 24.5 Å². The van der Waals surface area contributed by atoms with E-state index in [0.717, 1.165) is 0 Å². The van der Waals surface area contributed by atoms with Crippen molar-refractivity contribution in [2.45, 2.75) is 19.1 Å². The van der Waals surface area contributed by atoms with Crippen molar-refractivity contribution >= 4 is 23.7 Å². The fourth-order valence-electron chi connectivity index (χ4n) is 2.11. The number of hydrogen-bond acceptors (Lipinski definition) is 4. The molecule has 0 amide bonds. The Hall–Kier alpha value is -1.18. The predicted molar refractivity (Wildman–Crippen MR) is 73.0 cm³/mol. The molecule has 0 radical (unpaired) electrons. The van der Waals surface area contributed by atoms with Gasteiger partial charge in [-0.15, -0.1) is 12.4 Å². The van der Waals surface area contributed by atoms with Gasteiger partial charge < -0.3 is 5.32 Å². The minimum absolute atomic E-state index is 0. The molecular weight excluding hydrogens is 311 g/mol. The third-order valence-electron chi connectivity index (χ3n) is 2.98. The minimum Gasteiger partial charge on any atom is -0.311 e. The Labute approximate surface area is 123 Å². The first-order valence-electron chi connectivity index (χ1n) is 5.76. The topological polar surface area (TPSA) is 37.8 Å². The molecule has 8 heteroatoms. The summed E-state index contributed by atoms with van der Waals surface area (Å²) in [4.78, 5) is 8.01. The van der Waals surface area contributed by atoms with Crippen LogP contribution in [0.5, 0.6) is 0 Å². The van der Waals surface area contributed by atoms with Crippen molar-refractivity contribution < 1.29 is 13.2 Å². The molecule has 0 saturated carbocycles. The summed E-state index contributed by atoms with van der Waals surface area (Å²) in [6.45, 7) is 0.884. The Morgan fingerprint density at radius 3 is 2.70 bits per heavy atom. The van der Waals surface area contributed by atoms with Crippen LogP contribution >= 0.6 is 23.7 Å². The number of fused-ring (bicyclic) bond motifs is 1. The van der Waals surface area contributed by atoms with Crippen molar-refractivity contribution in [3.8, 4) is 11.4 Å². The molecule has 0 aliphatic carbocycles. The second-order valence-corrected chi connectivity index (χ2v) is 5.04. The Kier molecular flexibility index (Phi) is 4.31. The van der Waals surface area contributed by atoms with Gasteiger partial charge in [0.25, 0.3) is 0 Å². The summed E-state index contributed by atoms with van der Waals surface area (Å²) in [6, 6.07) is 1.73. The summed E-state index contributed by atoms with van der Waals surface area (Å²) >= 11 is 1.41. The van der Waals surface area contributed by atoms with Crippen molar-refractivity contribution in [2.24, 2.45) is 0 Å². The third-order valence-corrected chi connectivity index (χ3v) is 3.67. The zero-order valence-electron chi connectivity index (χ0n) is 10.2. The lowest BCUT2D eigenvalue weighted by Gasteiger charge is -2.20. The van der Waals surface area contributed by atoms with Crippen LogP contribution in [0.15, 0.2) is 16.8 Å². The second-order valence-electron chi connectivity index (χ2n) is 4.26. The van der Waals surface area contributed by atoms with Crippen LogP contribution in [0.25, 0.3) is 11.4 Å². The average Bonchev–Trinajstić information content (AvgIpc) is 2.90. The highest BCUT2D eigenvalue weighted by Crippen LogP contribution is 2.34. The molecule has 1 aliphatic rings. The Balaban J connectivity index is 0.00000147. The number of halogens is 4. The first-order valence-corrected chi connectivity index (χ1v) is 6.70. The number of nitrogens with one attached hydrogen (secondary N) is 1. The van der Waals surface area contributed by atoms with Crippen molar-refractivity contribution in [1.82, 2.24) is 15.3 Å². The van der Waals surface area contributed by atoms with Crippen LogP contribution in [-0.4, -0.2) is 16.5 Å². The average molecular weight is 322 g/mol. The van der Waals surface area contributed by atoms with Crippen molar-refractivity contribution in [3.05, 3.63) is 33.8 Å². The number of nitrogens with zero attached hydrogens (tertiary/aromatic N) is 2. The Morgan fingerprint density at radius 2 is 2.05 bits per heavy atom. The SMILES string of the molecule is Cl.FC(F)(F)c1nc(-c2ccsc2)nc2c1CCNC2. The minimum atomic E-state index is -4.44. The van der Waals surface area contributed by atoms with Crippen LogP contribution in [0.4, 0.5) is 13.2 Å². The smallest absolute Gasteiger partial charge is 0.311 e. The van der Waals surface area contributed by atoms with Gasteiger partial charge in [0, 0.05) is 23.1 Å². The summed E-state index contributed by atoms with van der Waals surface area (Å²) in [5.74, 6) is 0.149. The Bertz CT molecular complexity index is 599. The molecule has 0 spiro atoms. The zero-order valence-corrected chi connectivity index (χ0v) is 11.8. The van der Waals surface area contributed by atoms with E-state index in [9.17, 15) is 13.2 Å². The van der Waals surface area contributed by atoms with E-state index in [1.165, 1.54) is 11.3 Å². The van der Waals surface area contributed by atoms with E-state index >= 15 is 0 Å². The molecule has 1 N–H and O–H groups in total. The molecule has 0 atom stereocenters. The molecular formula is C12H11ClF3N3S. The molecule has 0 fully saturated rings. The summed E-state index contributed by atoms with van der Waals surface area (Å²) in [6.07, 6.45) is -4.12. The highest BCUT2D eigenvalue weighted by atomic mass is 35.5. The van der Waals surface area contributed by atoms with Crippen LogP contribution in [0, 0.1) is 0 Å². The summed E-state index contributed by atoms with van der Waals surface area (Å²) in [7, 11) is 0. The van der Waals surface area contributed by atoms with Crippen LogP contribution in [-0.2, 0) is 19.1 Å². The van der Waals surface area contributed by atoms with Gasteiger partial charge in [-0.3, -0.25) is 0 Å². The number of hydrogen-bond donors (Lipinski definition) is 1. The van der Waals surface area contributed by atoms with Crippen LogP contribution in [0.1, 0.15) is 17.0 Å². The predicted octanol–water partition coefficient (Wildman–Crippen LogP) is 3.29. The molecule has 3 rings (SSSR count). The normalized spacial score (nSPS) is 14.6. The second kappa shape index (κ2) is 5.67. The first-order chi connectivity index (χ1) is 9.05. The fourth-order valence-corrected chi connectivity index (χ4v) is 2.75. The lowest BCUT2D eigenvalue weighted by molar-refractivity contribution is -0.142. The standard InChI is InChI=1S/C12H10F3N3S.ClH/c13-12(14,15)10-8-1-3-16-5-9(8)17-11(18-10)7-2-4-19-6-7;/h2,4,6,16H,1,3,5H2;1H. The molecule has 3 heterocycles. The fraction of sp³-hybridized carbons (Fsp3) is 0.333. The van der Waals surface area contributed by atoms with Crippen molar-refractivity contribution in [2.75, 3.05) is 6.54 Å². The van der Waals surface area contributed by atoms with E-state index in [0.29, 0.717) is 30.8 Å². The number of aromatic nitrogens is 2. The first kappa shape index (κ1) is 15.2. The van der Waals surface area contributed by atoms with Crippen molar-refractivity contribution in [3.63, 3.8) is 0 Å². The molecule has 3 nitrogen and oxygen atoms in total. The maximum absolute atomic E-state index is 13.1. The quantitative estimate of drug-likeness (QED) is 0.876. The molecule has 1 aliphatic heterocycles. The van der Waals surface area contributed by atoms with Gasteiger partial charge in [-0.1, -0.05) is 0 Å². The molecule has 108 valence electrons. The number of alkyl halides is 3. The Morgan fingerprint density at radius 1 is 1.25 bits per heavy atom. The maximum atomic E-state index is 13.1. The number of rotatable bonds is 1. The summed E-state index contributed by atoms with van der Waals surface area (Å²) in [5.41, 5.74) is 0.518. The van der Waals surface area contributed by atoms with Crippen LogP contribution < -0.4 is 5.32 Å². The van der Waals surface area contributed by atoms with Crippen LogP contribution in [0.2, 0.25) is 0 Å². The van der Waals surface area contributed by atoms with E-state index < -0.39 is 11.9 Å². The van der Waals surface area contributed by atoms with E-state index in [1.54, 1.807) is 16.8 Å². The summed E-state index contributed by atoms with van der Waals surface area (Å²) < 4.78 is 39.3. The molecule has 2 aromatic rings. The van der Waals surface area contributed by atoms with Gasteiger partial charge in [-0.05, 0) is 24.4 Å². The molecule has 20 heavy (non-hydrogen) atoms. The highest BCUT2D eigenvalue weighted by Gasteiger charge is 2.38. The van der Waals surface area contributed by atoms with E-state index in [4.69, 9.17) is 0 Å². The van der Waals surface area contributed by atoms with E-state index in [-0.39, 0.29) is 23.8 Å². The lowest BCUT2D eigenvalue weighted by Crippen LogP contribution is -2.28. The van der Waals surface area contributed by atoms with E-state index in [2.05, 4.69) is 15.3 Å². The van der Waals surface area contributed by atoms with Crippen LogP contribution in [0.3, 0.4) is 0 Å². The van der Waals surface area contributed by atoms with Gasteiger partial charge in [0.15, 0.2) is 11.5 Å². The van der Waals surface area contributed by atoms with Gasteiger partial charge in [0.05, 0.1) is 5.69 Å². The molecule has 0 aromatic carbocycles. The lowest BCUT2D eigenvalue weighted by atomic mass is 10.0. The largest absolute Gasteiger partial charge is 0.433 e. The van der Waals surface area contributed by atoms with Gasteiger partial charge in [0.2, 0.25) is 0 Å².